The molecule has 7 heteroatoms. The summed E-state index contributed by atoms with van der Waals surface area (Å²) in [5.74, 6) is -0.429. The molecule has 0 radical (unpaired) electrons. The van der Waals surface area contributed by atoms with Gasteiger partial charge >= 0.3 is 5.97 Å². The predicted octanol–water partition coefficient (Wildman–Crippen LogP) is 2.05. The van der Waals surface area contributed by atoms with Gasteiger partial charge in [0.1, 0.15) is 5.69 Å². The maximum absolute atomic E-state index is 11.8. The Labute approximate surface area is 126 Å². The largest absolute Gasteiger partial charge is 0.465 e. The molecule has 3 rings (SSSR count). The van der Waals surface area contributed by atoms with Crippen LogP contribution in [0.25, 0.3) is 11.3 Å². The van der Waals surface area contributed by atoms with Gasteiger partial charge in [-0.15, -0.1) is 5.10 Å². The molecule has 1 fully saturated rings. The van der Waals surface area contributed by atoms with E-state index in [1.54, 1.807) is 22.9 Å². The molecule has 0 atom stereocenters. The number of halogens is 1. The Hall–Kier alpha value is -1.92. The van der Waals surface area contributed by atoms with Crippen LogP contribution in [0.3, 0.4) is 0 Å². The van der Waals surface area contributed by atoms with Crippen molar-refractivity contribution in [2.45, 2.75) is 24.9 Å². The second-order valence-electron chi connectivity index (χ2n) is 5.15. The summed E-state index contributed by atoms with van der Waals surface area (Å²) in [4.78, 5) is 11.8. The van der Waals surface area contributed by atoms with Crippen molar-refractivity contribution in [3.8, 4) is 11.3 Å². The molecule has 2 N–H and O–H groups in total. The average Bonchev–Trinajstić information content (AvgIpc) is 2.92. The van der Waals surface area contributed by atoms with Crippen molar-refractivity contribution in [2.24, 2.45) is 5.73 Å². The lowest BCUT2D eigenvalue weighted by atomic mass is 9.88. The normalized spacial score (nSPS) is 20.9. The van der Waals surface area contributed by atoms with Gasteiger partial charge in [0, 0.05) is 16.6 Å². The number of methoxy groups -OCH3 is 1. The van der Waals surface area contributed by atoms with Crippen molar-refractivity contribution in [3.63, 3.8) is 0 Å². The van der Waals surface area contributed by atoms with E-state index in [0.29, 0.717) is 21.8 Å². The van der Waals surface area contributed by atoms with Crippen molar-refractivity contribution in [1.82, 2.24) is 15.0 Å². The number of rotatable bonds is 3. The smallest absolute Gasteiger partial charge is 0.338 e. The number of aromatic nitrogens is 3. The topological polar surface area (TPSA) is 83.0 Å². The highest BCUT2D eigenvalue weighted by Gasteiger charge is 2.29. The maximum Gasteiger partial charge on any atom is 0.338 e. The minimum atomic E-state index is -0.429. The minimum Gasteiger partial charge on any atom is -0.465 e. The van der Waals surface area contributed by atoms with Gasteiger partial charge in [-0.25, -0.2) is 9.48 Å². The number of nitrogens with two attached hydrogens (primary N) is 1. The van der Waals surface area contributed by atoms with E-state index in [1.807, 2.05) is 6.20 Å². The van der Waals surface area contributed by atoms with Crippen molar-refractivity contribution in [3.05, 3.63) is 35.0 Å². The molecule has 0 aliphatic heterocycles. The number of ether oxygens (including phenoxy) is 1. The summed E-state index contributed by atoms with van der Waals surface area (Å²) in [5.41, 5.74) is 7.41. The summed E-state index contributed by atoms with van der Waals surface area (Å²) >= 11 is 6.02. The molecule has 0 unspecified atom stereocenters. The van der Waals surface area contributed by atoms with Crippen molar-refractivity contribution in [1.29, 1.82) is 0 Å². The van der Waals surface area contributed by atoms with Gasteiger partial charge in [-0.1, -0.05) is 16.8 Å². The first-order chi connectivity index (χ1) is 10.1. The zero-order valence-corrected chi connectivity index (χ0v) is 12.2. The second-order valence-corrected chi connectivity index (χ2v) is 5.59. The Morgan fingerprint density at radius 3 is 2.90 bits per heavy atom. The monoisotopic (exact) mass is 306 g/mol. The SMILES string of the molecule is COC(=O)c1ccc(Cl)cc1-c1cn(C2CC(N)C2)nn1. The van der Waals surface area contributed by atoms with Crippen LogP contribution in [0.4, 0.5) is 0 Å². The van der Waals surface area contributed by atoms with E-state index in [0.717, 1.165) is 12.8 Å². The number of benzene rings is 1. The van der Waals surface area contributed by atoms with Crippen LogP contribution in [-0.4, -0.2) is 34.1 Å². The average molecular weight is 307 g/mol. The van der Waals surface area contributed by atoms with Crippen LogP contribution in [0.1, 0.15) is 29.2 Å². The fraction of sp³-hybridized carbons (Fsp3) is 0.357. The van der Waals surface area contributed by atoms with Crippen molar-refractivity contribution in [2.75, 3.05) is 7.11 Å². The fourth-order valence-electron chi connectivity index (χ4n) is 2.44. The Kier molecular flexibility index (Phi) is 3.65. The molecule has 0 bridgehead atoms. The first-order valence-electron chi connectivity index (χ1n) is 6.64. The van der Waals surface area contributed by atoms with Crippen molar-refractivity contribution < 1.29 is 9.53 Å². The first kappa shape index (κ1) is 14.0. The van der Waals surface area contributed by atoms with Gasteiger partial charge in [-0.2, -0.15) is 0 Å². The summed E-state index contributed by atoms with van der Waals surface area (Å²) in [5, 5.41) is 8.79. The van der Waals surface area contributed by atoms with Crippen LogP contribution in [0, 0.1) is 0 Å². The molecule has 2 aromatic rings. The summed E-state index contributed by atoms with van der Waals surface area (Å²) in [6.45, 7) is 0. The zero-order chi connectivity index (χ0) is 15.0. The second kappa shape index (κ2) is 5.46. The van der Waals surface area contributed by atoms with Gasteiger partial charge < -0.3 is 10.5 Å². The molecule has 1 heterocycles. The first-order valence-corrected chi connectivity index (χ1v) is 7.02. The quantitative estimate of drug-likeness (QED) is 0.877. The maximum atomic E-state index is 11.8. The van der Waals surface area contributed by atoms with Gasteiger partial charge in [0.15, 0.2) is 0 Å². The summed E-state index contributed by atoms with van der Waals surface area (Å²) in [6, 6.07) is 5.48. The lowest BCUT2D eigenvalue weighted by Gasteiger charge is -2.31. The van der Waals surface area contributed by atoms with E-state index in [-0.39, 0.29) is 12.1 Å². The minimum absolute atomic E-state index is 0.236. The summed E-state index contributed by atoms with van der Waals surface area (Å²) in [6.07, 6.45) is 3.60. The molecule has 6 nitrogen and oxygen atoms in total. The molecule has 21 heavy (non-hydrogen) atoms. The summed E-state index contributed by atoms with van der Waals surface area (Å²) in [7, 11) is 1.34. The molecule has 1 aromatic carbocycles. The number of esters is 1. The summed E-state index contributed by atoms with van der Waals surface area (Å²) < 4.78 is 6.58. The van der Waals surface area contributed by atoms with E-state index >= 15 is 0 Å². The molecule has 0 spiro atoms. The molecule has 110 valence electrons. The van der Waals surface area contributed by atoms with Gasteiger partial charge in [0.2, 0.25) is 0 Å². The molecule has 0 amide bonds. The lowest BCUT2D eigenvalue weighted by Crippen LogP contribution is -2.37. The third kappa shape index (κ3) is 2.64. The Morgan fingerprint density at radius 1 is 1.48 bits per heavy atom. The molecule has 1 aromatic heterocycles. The predicted molar refractivity (Wildman–Crippen MR) is 78.1 cm³/mol. The molecule has 0 saturated heterocycles. The van der Waals surface area contributed by atoms with Gasteiger partial charge in [0.25, 0.3) is 0 Å². The molecular formula is C14H15ClN4O2. The van der Waals surface area contributed by atoms with E-state index in [4.69, 9.17) is 22.1 Å². The van der Waals surface area contributed by atoms with E-state index in [1.165, 1.54) is 7.11 Å². The van der Waals surface area contributed by atoms with Gasteiger partial charge in [0.05, 0.1) is 24.9 Å². The number of nitrogens with zero attached hydrogens (tertiary/aromatic N) is 3. The highest BCUT2D eigenvalue weighted by molar-refractivity contribution is 6.31. The molecular weight excluding hydrogens is 292 g/mol. The van der Waals surface area contributed by atoms with Crippen LogP contribution in [0.2, 0.25) is 5.02 Å². The van der Waals surface area contributed by atoms with E-state index in [2.05, 4.69) is 10.3 Å². The van der Waals surface area contributed by atoms with Crippen molar-refractivity contribution >= 4 is 17.6 Å². The number of carbonyl (C=O) groups is 1. The zero-order valence-electron chi connectivity index (χ0n) is 11.5. The highest BCUT2D eigenvalue weighted by Crippen LogP contribution is 2.32. The Morgan fingerprint density at radius 2 is 2.24 bits per heavy atom. The Balaban J connectivity index is 1.96. The molecule has 1 aliphatic rings. The van der Waals surface area contributed by atoms with Crippen LogP contribution in [-0.2, 0) is 4.74 Å². The third-order valence-electron chi connectivity index (χ3n) is 3.70. The number of carbonyl (C=O) groups excluding carboxylic acids is 1. The highest BCUT2D eigenvalue weighted by atomic mass is 35.5. The van der Waals surface area contributed by atoms with E-state index in [9.17, 15) is 4.79 Å². The standard InChI is InChI=1S/C14H15ClN4O2/c1-21-14(20)11-3-2-8(15)4-12(11)13-7-19(18-17-13)10-5-9(16)6-10/h2-4,7,9-10H,5-6,16H2,1H3. The van der Waals surface area contributed by atoms with Crippen LogP contribution < -0.4 is 5.73 Å². The van der Waals surface area contributed by atoms with Gasteiger partial charge in [-0.05, 0) is 31.0 Å². The Bertz CT molecular complexity index is 679. The van der Waals surface area contributed by atoms with E-state index < -0.39 is 5.97 Å². The third-order valence-corrected chi connectivity index (χ3v) is 3.93. The number of hydrogen-bond acceptors (Lipinski definition) is 5. The van der Waals surface area contributed by atoms with Crippen LogP contribution in [0.15, 0.2) is 24.4 Å². The van der Waals surface area contributed by atoms with Crippen LogP contribution in [0.5, 0.6) is 0 Å². The molecule has 1 saturated carbocycles. The number of hydrogen-bond donors (Lipinski definition) is 1. The lowest BCUT2D eigenvalue weighted by molar-refractivity contribution is 0.0601. The van der Waals surface area contributed by atoms with Crippen LogP contribution >= 0.6 is 11.6 Å². The molecule has 1 aliphatic carbocycles. The van der Waals surface area contributed by atoms with Gasteiger partial charge in [-0.3, -0.25) is 0 Å². The fourth-order valence-corrected chi connectivity index (χ4v) is 2.61.